The summed E-state index contributed by atoms with van der Waals surface area (Å²) in [5.74, 6) is 1.66. The van der Waals surface area contributed by atoms with Gasteiger partial charge in [0, 0.05) is 11.8 Å². The zero-order valence-corrected chi connectivity index (χ0v) is 9.90. The molecule has 4 bridgehead atoms. The first-order valence-corrected chi connectivity index (χ1v) is 6.45. The molecule has 6 atom stereocenters. The first kappa shape index (κ1) is 9.41. The number of allylic oxidation sites excluding steroid dienone is 2. The number of hydrogen-bond donors (Lipinski definition) is 0. The van der Waals surface area contributed by atoms with E-state index in [4.69, 9.17) is 4.74 Å². The quantitative estimate of drug-likeness (QED) is 0.624. The van der Waals surface area contributed by atoms with Crippen molar-refractivity contribution in [3.8, 4) is 0 Å². The normalized spacial score (nSPS) is 61.8. The van der Waals surface area contributed by atoms with Gasteiger partial charge in [0.2, 0.25) is 0 Å². The van der Waals surface area contributed by atoms with E-state index in [0.29, 0.717) is 23.2 Å². The number of carbonyl (C=O) groups excluding carboxylic acids is 1. The molecule has 0 N–H and O–H groups in total. The fraction of sp³-hybridized carbons (Fsp3) is 0.786. The molecule has 2 heteroatoms. The molecule has 0 aromatic carbocycles. The average Bonchev–Trinajstić information content (AvgIpc) is 2.57. The Morgan fingerprint density at radius 1 is 1.50 bits per heavy atom. The Balaban J connectivity index is 1.87. The second-order valence-electron chi connectivity index (χ2n) is 6.57. The molecule has 2 saturated carbocycles. The highest BCUT2D eigenvalue weighted by Crippen LogP contribution is 2.68. The second-order valence-corrected chi connectivity index (χ2v) is 6.57. The lowest BCUT2D eigenvalue weighted by molar-refractivity contribution is -0.148. The van der Waals surface area contributed by atoms with Gasteiger partial charge in [-0.05, 0) is 43.6 Å². The van der Waals surface area contributed by atoms with Crippen LogP contribution in [0.1, 0.15) is 33.1 Å². The molecule has 0 aromatic rings. The molecule has 0 aromatic heterocycles. The summed E-state index contributed by atoms with van der Waals surface area (Å²) in [7, 11) is 0. The van der Waals surface area contributed by atoms with Crippen molar-refractivity contribution in [3.63, 3.8) is 0 Å². The Labute approximate surface area is 96.0 Å². The second kappa shape index (κ2) is 2.45. The number of ether oxygens (including phenoxy) is 1. The summed E-state index contributed by atoms with van der Waals surface area (Å²) < 4.78 is 6.24. The van der Waals surface area contributed by atoms with Gasteiger partial charge in [-0.3, -0.25) is 4.79 Å². The van der Waals surface area contributed by atoms with Crippen molar-refractivity contribution in [2.75, 3.05) is 0 Å². The maximum absolute atomic E-state index is 11.8. The van der Waals surface area contributed by atoms with Gasteiger partial charge in [-0.1, -0.05) is 13.0 Å². The molecule has 2 saturated heterocycles. The Bertz CT molecular complexity index is 413. The molecule has 4 fully saturated rings. The SMILES string of the molecule is C[C@@H]1C(=O)C=CC23CC4CC(OC4(C)C2)C13. The van der Waals surface area contributed by atoms with Crippen molar-refractivity contribution in [1.82, 2.24) is 0 Å². The third-order valence-corrected chi connectivity index (χ3v) is 5.74. The highest BCUT2D eigenvalue weighted by molar-refractivity contribution is 5.93. The van der Waals surface area contributed by atoms with E-state index >= 15 is 0 Å². The van der Waals surface area contributed by atoms with Gasteiger partial charge in [0.05, 0.1) is 11.7 Å². The zero-order chi connectivity index (χ0) is 11.1. The molecule has 16 heavy (non-hydrogen) atoms. The third-order valence-electron chi connectivity index (χ3n) is 5.74. The zero-order valence-electron chi connectivity index (χ0n) is 9.90. The molecule has 2 aliphatic heterocycles. The summed E-state index contributed by atoms with van der Waals surface area (Å²) in [5.41, 5.74) is 0.416. The van der Waals surface area contributed by atoms with Crippen molar-refractivity contribution in [2.24, 2.45) is 23.2 Å². The number of hydrogen-bond acceptors (Lipinski definition) is 2. The molecule has 0 radical (unpaired) electrons. The van der Waals surface area contributed by atoms with E-state index in [1.54, 1.807) is 0 Å². The van der Waals surface area contributed by atoms with Gasteiger partial charge in [0.1, 0.15) is 0 Å². The molecule has 1 spiro atoms. The predicted octanol–water partition coefficient (Wildman–Crippen LogP) is 2.34. The van der Waals surface area contributed by atoms with Crippen molar-refractivity contribution in [2.45, 2.75) is 44.8 Å². The van der Waals surface area contributed by atoms with Gasteiger partial charge >= 0.3 is 0 Å². The van der Waals surface area contributed by atoms with E-state index in [-0.39, 0.29) is 11.5 Å². The highest BCUT2D eigenvalue weighted by atomic mass is 16.5. The van der Waals surface area contributed by atoms with E-state index < -0.39 is 0 Å². The summed E-state index contributed by atoms with van der Waals surface area (Å²) in [5, 5.41) is 0. The molecule has 86 valence electrons. The lowest BCUT2D eigenvalue weighted by atomic mass is 9.58. The van der Waals surface area contributed by atoms with E-state index in [2.05, 4.69) is 19.9 Å². The monoisotopic (exact) mass is 218 g/mol. The van der Waals surface area contributed by atoms with E-state index in [1.807, 2.05) is 6.08 Å². The summed E-state index contributed by atoms with van der Waals surface area (Å²) in [6, 6.07) is 0. The van der Waals surface area contributed by atoms with Gasteiger partial charge in [-0.25, -0.2) is 0 Å². The molecule has 2 heterocycles. The van der Waals surface area contributed by atoms with Gasteiger partial charge < -0.3 is 4.74 Å². The molecule has 5 rings (SSSR count). The number of rotatable bonds is 0. The van der Waals surface area contributed by atoms with Gasteiger partial charge in [-0.15, -0.1) is 0 Å². The van der Waals surface area contributed by atoms with Crippen molar-refractivity contribution in [3.05, 3.63) is 12.2 Å². The van der Waals surface area contributed by atoms with Crippen LogP contribution in [0.4, 0.5) is 0 Å². The van der Waals surface area contributed by atoms with Crippen LogP contribution >= 0.6 is 0 Å². The van der Waals surface area contributed by atoms with Crippen LogP contribution in [0.25, 0.3) is 0 Å². The fourth-order valence-electron chi connectivity index (χ4n) is 5.17. The van der Waals surface area contributed by atoms with E-state index in [9.17, 15) is 4.79 Å². The smallest absolute Gasteiger partial charge is 0.158 e. The van der Waals surface area contributed by atoms with Crippen LogP contribution in [0.5, 0.6) is 0 Å². The summed E-state index contributed by atoms with van der Waals surface area (Å²) in [6.45, 7) is 4.37. The predicted molar refractivity (Wildman–Crippen MR) is 59.9 cm³/mol. The molecule has 3 aliphatic carbocycles. The molecule has 5 aliphatic rings. The Hall–Kier alpha value is -0.630. The first-order valence-electron chi connectivity index (χ1n) is 6.45. The summed E-state index contributed by atoms with van der Waals surface area (Å²) in [6.07, 6.45) is 8.00. The van der Waals surface area contributed by atoms with Gasteiger partial charge in [0.25, 0.3) is 0 Å². The molecule has 5 unspecified atom stereocenters. The minimum absolute atomic E-state index is 0.117. The lowest BCUT2D eigenvalue weighted by Crippen LogP contribution is -2.50. The molecule has 2 nitrogen and oxygen atoms in total. The van der Waals surface area contributed by atoms with E-state index in [1.165, 1.54) is 12.8 Å². The number of carbonyl (C=O) groups is 1. The Kier molecular flexibility index (Phi) is 1.44. The van der Waals surface area contributed by atoms with Crippen LogP contribution < -0.4 is 0 Å². The van der Waals surface area contributed by atoms with Crippen LogP contribution in [0.3, 0.4) is 0 Å². The van der Waals surface area contributed by atoms with Crippen LogP contribution in [0.15, 0.2) is 12.2 Å². The van der Waals surface area contributed by atoms with Crippen LogP contribution in [0.2, 0.25) is 0 Å². The molecule has 0 amide bonds. The van der Waals surface area contributed by atoms with Crippen molar-refractivity contribution < 1.29 is 9.53 Å². The van der Waals surface area contributed by atoms with Crippen molar-refractivity contribution >= 4 is 5.78 Å². The largest absolute Gasteiger partial charge is 0.371 e. The summed E-state index contributed by atoms with van der Waals surface area (Å²) in [4.78, 5) is 11.8. The maximum Gasteiger partial charge on any atom is 0.158 e. The van der Waals surface area contributed by atoms with Crippen LogP contribution in [-0.2, 0) is 9.53 Å². The fourth-order valence-corrected chi connectivity index (χ4v) is 5.17. The standard InChI is InChI=1S/C14H18O2/c1-8-10(15)3-4-14-6-9-5-11(12(8)14)16-13(9,2)7-14/h3-4,8-9,11-12H,5-7H2,1-2H3/t8-,9?,11?,12?,13?,14?/m1/s1. The third kappa shape index (κ3) is 0.839. The van der Waals surface area contributed by atoms with Crippen LogP contribution in [-0.4, -0.2) is 17.5 Å². The average molecular weight is 218 g/mol. The van der Waals surface area contributed by atoms with E-state index in [0.717, 1.165) is 12.3 Å². The highest BCUT2D eigenvalue weighted by Gasteiger charge is 2.68. The van der Waals surface area contributed by atoms with Gasteiger partial charge in [0.15, 0.2) is 5.78 Å². The van der Waals surface area contributed by atoms with Crippen molar-refractivity contribution in [1.29, 1.82) is 0 Å². The molecular weight excluding hydrogens is 200 g/mol. The molecular formula is C14H18O2. The Morgan fingerprint density at radius 3 is 3.06 bits per heavy atom. The van der Waals surface area contributed by atoms with Crippen LogP contribution in [0, 0.1) is 23.2 Å². The topological polar surface area (TPSA) is 26.3 Å². The Morgan fingerprint density at radius 2 is 2.31 bits per heavy atom. The minimum Gasteiger partial charge on any atom is -0.371 e. The van der Waals surface area contributed by atoms with Gasteiger partial charge in [-0.2, -0.15) is 0 Å². The first-order chi connectivity index (χ1) is 7.54. The lowest BCUT2D eigenvalue weighted by Gasteiger charge is -2.49. The minimum atomic E-state index is 0.117. The number of ketones is 1. The summed E-state index contributed by atoms with van der Waals surface area (Å²) >= 11 is 0. The maximum atomic E-state index is 11.8.